The molecule has 2 aliphatic rings. The summed E-state index contributed by atoms with van der Waals surface area (Å²) in [6, 6.07) is 0.790. The van der Waals surface area contributed by atoms with Crippen molar-refractivity contribution in [2.24, 2.45) is 5.92 Å². The van der Waals surface area contributed by atoms with Gasteiger partial charge in [-0.2, -0.15) is 0 Å². The van der Waals surface area contributed by atoms with Gasteiger partial charge in [-0.15, -0.1) is 0 Å². The highest BCUT2D eigenvalue weighted by atomic mass is 15.1. The first-order chi connectivity index (χ1) is 8.74. The molecule has 3 heteroatoms. The molecule has 0 spiro atoms. The maximum absolute atomic E-state index is 3.65. The second-order valence-corrected chi connectivity index (χ2v) is 6.44. The SMILES string of the molecule is CN1CCC(CN(C)CCC2CCCCN2)CC1. The molecule has 0 saturated carbocycles. The lowest BCUT2D eigenvalue weighted by atomic mass is 9.96. The van der Waals surface area contributed by atoms with Crippen molar-refractivity contribution in [3.63, 3.8) is 0 Å². The Bertz CT molecular complexity index is 218. The van der Waals surface area contributed by atoms with Gasteiger partial charge in [-0.05, 0) is 78.3 Å². The molecule has 2 fully saturated rings. The molecule has 106 valence electrons. The van der Waals surface area contributed by atoms with E-state index < -0.39 is 0 Å². The van der Waals surface area contributed by atoms with E-state index in [0.717, 1.165) is 12.0 Å². The number of nitrogens with one attached hydrogen (secondary N) is 1. The van der Waals surface area contributed by atoms with E-state index in [-0.39, 0.29) is 0 Å². The molecule has 2 aliphatic heterocycles. The van der Waals surface area contributed by atoms with E-state index in [1.807, 2.05) is 0 Å². The summed E-state index contributed by atoms with van der Waals surface area (Å²) >= 11 is 0. The largest absolute Gasteiger partial charge is 0.314 e. The third-order valence-electron chi connectivity index (χ3n) is 4.68. The van der Waals surface area contributed by atoms with Crippen LogP contribution in [-0.2, 0) is 0 Å². The number of hydrogen-bond acceptors (Lipinski definition) is 3. The van der Waals surface area contributed by atoms with Crippen LogP contribution in [0, 0.1) is 5.92 Å². The maximum atomic E-state index is 3.65. The average Bonchev–Trinajstić information content (AvgIpc) is 2.40. The van der Waals surface area contributed by atoms with Crippen molar-refractivity contribution in [2.75, 3.05) is 46.8 Å². The average molecular weight is 253 g/mol. The van der Waals surface area contributed by atoms with E-state index >= 15 is 0 Å². The minimum absolute atomic E-state index is 0.790. The van der Waals surface area contributed by atoms with Crippen LogP contribution in [0.3, 0.4) is 0 Å². The molecule has 0 radical (unpaired) electrons. The zero-order chi connectivity index (χ0) is 12.8. The van der Waals surface area contributed by atoms with Crippen LogP contribution < -0.4 is 5.32 Å². The molecule has 3 nitrogen and oxygen atoms in total. The lowest BCUT2D eigenvalue weighted by Gasteiger charge is -2.32. The molecule has 18 heavy (non-hydrogen) atoms. The maximum Gasteiger partial charge on any atom is 0.00792 e. The van der Waals surface area contributed by atoms with Crippen LogP contribution in [0.1, 0.15) is 38.5 Å². The van der Waals surface area contributed by atoms with Crippen molar-refractivity contribution in [2.45, 2.75) is 44.6 Å². The fourth-order valence-corrected chi connectivity index (χ4v) is 3.32. The quantitative estimate of drug-likeness (QED) is 0.806. The topological polar surface area (TPSA) is 18.5 Å². The molecule has 0 aromatic heterocycles. The first-order valence-electron chi connectivity index (χ1n) is 7.84. The zero-order valence-electron chi connectivity index (χ0n) is 12.3. The lowest BCUT2D eigenvalue weighted by Crippen LogP contribution is -2.39. The summed E-state index contributed by atoms with van der Waals surface area (Å²) in [4.78, 5) is 5.02. The van der Waals surface area contributed by atoms with E-state index in [9.17, 15) is 0 Å². The van der Waals surface area contributed by atoms with Crippen LogP contribution in [0.15, 0.2) is 0 Å². The van der Waals surface area contributed by atoms with Gasteiger partial charge in [0.2, 0.25) is 0 Å². The van der Waals surface area contributed by atoms with Crippen molar-refractivity contribution in [3.05, 3.63) is 0 Å². The second kappa shape index (κ2) is 7.46. The predicted molar refractivity (Wildman–Crippen MR) is 78.0 cm³/mol. The molecule has 0 amide bonds. The summed E-state index contributed by atoms with van der Waals surface area (Å²) < 4.78 is 0. The summed E-state index contributed by atoms with van der Waals surface area (Å²) in [5.74, 6) is 0.936. The van der Waals surface area contributed by atoms with Gasteiger partial charge in [-0.1, -0.05) is 6.42 Å². The Morgan fingerprint density at radius 1 is 1.17 bits per heavy atom. The Labute approximate surface area is 113 Å². The summed E-state index contributed by atoms with van der Waals surface area (Å²) in [5.41, 5.74) is 0. The molecule has 0 aromatic carbocycles. The van der Waals surface area contributed by atoms with Gasteiger partial charge in [0.15, 0.2) is 0 Å². The molecule has 2 heterocycles. The molecule has 2 rings (SSSR count). The smallest absolute Gasteiger partial charge is 0.00792 e. The van der Waals surface area contributed by atoms with Gasteiger partial charge in [-0.25, -0.2) is 0 Å². The molecule has 1 atom stereocenters. The molecule has 0 bridgehead atoms. The summed E-state index contributed by atoms with van der Waals surface area (Å²) in [7, 11) is 4.55. The minimum Gasteiger partial charge on any atom is -0.314 e. The third-order valence-corrected chi connectivity index (χ3v) is 4.68. The van der Waals surface area contributed by atoms with Crippen molar-refractivity contribution >= 4 is 0 Å². The zero-order valence-corrected chi connectivity index (χ0v) is 12.3. The third kappa shape index (κ3) is 4.87. The van der Waals surface area contributed by atoms with Crippen LogP contribution in [-0.4, -0.2) is 62.7 Å². The van der Waals surface area contributed by atoms with Crippen LogP contribution in [0.25, 0.3) is 0 Å². The summed E-state index contributed by atoms with van der Waals surface area (Å²) in [6.07, 6.45) is 8.31. The fraction of sp³-hybridized carbons (Fsp3) is 1.00. The van der Waals surface area contributed by atoms with Crippen molar-refractivity contribution in [1.29, 1.82) is 0 Å². The Morgan fingerprint density at radius 3 is 2.61 bits per heavy atom. The van der Waals surface area contributed by atoms with Gasteiger partial charge < -0.3 is 15.1 Å². The van der Waals surface area contributed by atoms with Gasteiger partial charge in [0.1, 0.15) is 0 Å². The van der Waals surface area contributed by atoms with Crippen LogP contribution >= 0.6 is 0 Å². The van der Waals surface area contributed by atoms with E-state index in [1.54, 1.807) is 0 Å². The Hall–Kier alpha value is -0.120. The van der Waals surface area contributed by atoms with Crippen molar-refractivity contribution in [3.8, 4) is 0 Å². The van der Waals surface area contributed by atoms with Gasteiger partial charge in [0.05, 0.1) is 0 Å². The monoisotopic (exact) mass is 253 g/mol. The first kappa shape index (κ1) is 14.3. The highest BCUT2D eigenvalue weighted by Crippen LogP contribution is 2.17. The normalized spacial score (nSPS) is 27.8. The molecular formula is C15H31N3. The Kier molecular flexibility index (Phi) is 5.93. The van der Waals surface area contributed by atoms with Gasteiger partial charge in [-0.3, -0.25) is 0 Å². The Morgan fingerprint density at radius 2 is 1.94 bits per heavy atom. The van der Waals surface area contributed by atoms with Gasteiger partial charge in [0, 0.05) is 12.6 Å². The molecule has 1 unspecified atom stereocenters. The number of likely N-dealkylation sites (tertiary alicyclic amines) is 1. The number of nitrogens with zero attached hydrogens (tertiary/aromatic N) is 2. The molecular weight excluding hydrogens is 222 g/mol. The number of hydrogen-bond donors (Lipinski definition) is 1. The minimum atomic E-state index is 0.790. The number of piperidine rings is 2. The predicted octanol–water partition coefficient (Wildman–Crippen LogP) is 1.79. The summed E-state index contributed by atoms with van der Waals surface area (Å²) in [6.45, 7) is 6.40. The molecule has 2 saturated heterocycles. The van der Waals surface area contributed by atoms with E-state index in [1.165, 1.54) is 71.2 Å². The van der Waals surface area contributed by atoms with Crippen LogP contribution in [0.4, 0.5) is 0 Å². The molecule has 0 aromatic rings. The highest BCUT2D eigenvalue weighted by molar-refractivity contribution is 4.75. The second-order valence-electron chi connectivity index (χ2n) is 6.44. The number of rotatable bonds is 5. The lowest BCUT2D eigenvalue weighted by molar-refractivity contribution is 0.172. The standard InChI is InChI=1S/C15H31N3/c1-17-10-6-14(7-11-17)13-18(2)12-8-15-5-3-4-9-16-15/h14-16H,3-13H2,1-2H3. The Balaban J connectivity index is 1.58. The van der Waals surface area contributed by atoms with Crippen LogP contribution in [0.2, 0.25) is 0 Å². The summed E-state index contributed by atoms with van der Waals surface area (Å²) in [5, 5.41) is 3.65. The molecule has 1 N–H and O–H groups in total. The van der Waals surface area contributed by atoms with Crippen LogP contribution in [0.5, 0.6) is 0 Å². The fourth-order valence-electron chi connectivity index (χ4n) is 3.32. The van der Waals surface area contributed by atoms with Gasteiger partial charge >= 0.3 is 0 Å². The van der Waals surface area contributed by atoms with Crippen molar-refractivity contribution in [1.82, 2.24) is 15.1 Å². The van der Waals surface area contributed by atoms with E-state index in [2.05, 4.69) is 29.2 Å². The van der Waals surface area contributed by atoms with Crippen molar-refractivity contribution < 1.29 is 0 Å². The highest BCUT2D eigenvalue weighted by Gasteiger charge is 2.19. The van der Waals surface area contributed by atoms with Gasteiger partial charge in [0.25, 0.3) is 0 Å². The first-order valence-corrected chi connectivity index (χ1v) is 7.84. The van der Waals surface area contributed by atoms with E-state index in [0.29, 0.717) is 0 Å². The molecule has 0 aliphatic carbocycles. The van der Waals surface area contributed by atoms with E-state index in [4.69, 9.17) is 0 Å².